The van der Waals surface area contributed by atoms with Crippen molar-refractivity contribution in [2.24, 2.45) is 5.16 Å². The van der Waals surface area contributed by atoms with Crippen LogP contribution in [0.1, 0.15) is 24.0 Å². The van der Waals surface area contributed by atoms with Gasteiger partial charge >= 0.3 is 0 Å². The Morgan fingerprint density at radius 2 is 2.04 bits per heavy atom. The summed E-state index contributed by atoms with van der Waals surface area (Å²) in [4.78, 5) is 13.9. The highest BCUT2D eigenvalue weighted by Crippen LogP contribution is 2.29. The Labute approximate surface area is 137 Å². The van der Waals surface area contributed by atoms with Crippen LogP contribution in [0.3, 0.4) is 0 Å². The number of oxime groups is 1. The van der Waals surface area contributed by atoms with Gasteiger partial charge in [0.05, 0.1) is 7.11 Å². The van der Waals surface area contributed by atoms with E-state index in [0.29, 0.717) is 29.7 Å². The van der Waals surface area contributed by atoms with Gasteiger partial charge in [-0.25, -0.2) is 4.98 Å². The van der Waals surface area contributed by atoms with Crippen LogP contribution < -0.4 is 4.74 Å². The average Bonchev–Trinajstić information content (AvgIpc) is 3.32. The van der Waals surface area contributed by atoms with E-state index < -0.39 is 0 Å². The van der Waals surface area contributed by atoms with Crippen LogP contribution in [0.25, 0.3) is 11.4 Å². The van der Waals surface area contributed by atoms with Crippen LogP contribution in [0.4, 0.5) is 0 Å². The van der Waals surface area contributed by atoms with Gasteiger partial charge in [-0.15, -0.1) is 0 Å². The molecule has 0 N–H and O–H groups in total. The smallest absolute Gasteiger partial charge is 0.276 e. The molecule has 0 amide bonds. The molecule has 0 aliphatic carbocycles. The topological polar surface area (TPSA) is 82.6 Å². The summed E-state index contributed by atoms with van der Waals surface area (Å²) >= 11 is 0. The number of pyridine rings is 1. The minimum atomic E-state index is -0.127. The summed E-state index contributed by atoms with van der Waals surface area (Å²) in [5.74, 6) is 1.31. The van der Waals surface area contributed by atoms with Crippen LogP contribution in [0, 0.1) is 0 Å². The second-order valence-electron chi connectivity index (χ2n) is 5.26. The van der Waals surface area contributed by atoms with Crippen molar-refractivity contribution in [3.8, 4) is 17.3 Å². The van der Waals surface area contributed by atoms with Crippen LogP contribution >= 0.6 is 0 Å². The molecule has 0 saturated heterocycles. The minimum Gasteiger partial charge on any atom is -0.481 e. The molecule has 7 heteroatoms. The summed E-state index contributed by atoms with van der Waals surface area (Å²) in [6.45, 7) is 0. The molecule has 0 radical (unpaired) electrons. The van der Waals surface area contributed by atoms with E-state index in [-0.39, 0.29) is 6.10 Å². The van der Waals surface area contributed by atoms with Crippen molar-refractivity contribution in [2.45, 2.75) is 12.5 Å². The van der Waals surface area contributed by atoms with Crippen LogP contribution in [-0.2, 0) is 4.84 Å². The summed E-state index contributed by atoms with van der Waals surface area (Å²) in [5.41, 5.74) is 2.47. The van der Waals surface area contributed by atoms with Gasteiger partial charge in [0.25, 0.3) is 5.89 Å². The second-order valence-corrected chi connectivity index (χ2v) is 5.26. The van der Waals surface area contributed by atoms with Gasteiger partial charge in [-0.05, 0) is 11.6 Å². The SMILES string of the molecule is COc1cc(-c2noc(C3=NOC(c4ccccc4)C3)n2)ccn1. The van der Waals surface area contributed by atoms with E-state index in [1.54, 1.807) is 25.4 Å². The van der Waals surface area contributed by atoms with E-state index in [2.05, 4.69) is 20.3 Å². The van der Waals surface area contributed by atoms with E-state index in [0.717, 1.165) is 11.1 Å². The van der Waals surface area contributed by atoms with E-state index in [4.69, 9.17) is 14.1 Å². The van der Waals surface area contributed by atoms with Crippen molar-refractivity contribution >= 4 is 5.71 Å². The second kappa shape index (κ2) is 6.11. The van der Waals surface area contributed by atoms with Gasteiger partial charge < -0.3 is 14.1 Å². The average molecular weight is 322 g/mol. The lowest BCUT2D eigenvalue weighted by molar-refractivity contribution is 0.0857. The molecule has 0 saturated carbocycles. The molecule has 7 nitrogen and oxygen atoms in total. The van der Waals surface area contributed by atoms with E-state index >= 15 is 0 Å². The summed E-state index contributed by atoms with van der Waals surface area (Å²) in [6, 6.07) is 13.5. The zero-order valence-corrected chi connectivity index (χ0v) is 12.9. The maximum atomic E-state index is 5.49. The number of aromatic nitrogens is 3. The van der Waals surface area contributed by atoms with Gasteiger partial charge in [-0.3, -0.25) is 0 Å². The van der Waals surface area contributed by atoms with Gasteiger partial charge in [-0.2, -0.15) is 4.98 Å². The number of methoxy groups -OCH3 is 1. The van der Waals surface area contributed by atoms with Gasteiger partial charge in [0.15, 0.2) is 6.10 Å². The third kappa shape index (κ3) is 2.71. The van der Waals surface area contributed by atoms with Gasteiger partial charge in [0.2, 0.25) is 11.7 Å². The zero-order chi connectivity index (χ0) is 16.4. The first-order valence-corrected chi connectivity index (χ1v) is 7.45. The van der Waals surface area contributed by atoms with E-state index in [9.17, 15) is 0 Å². The first-order valence-electron chi connectivity index (χ1n) is 7.45. The molecule has 1 atom stereocenters. The Hall–Kier alpha value is -3.22. The predicted molar refractivity (Wildman–Crippen MR) is 85.5 cm³/mol. The number of ether oxygens (including phenoxy) is 1. The zero-order valence-electron chi connectivity index (χ0n) is 12.9. The predicted octanol–water partition coefficient (Wildman–Crippen LogP) is 3.01. The van der Waals surface area contributed by atoms with Crippen molar-refractivity contribution in [1.29, 1.82) is 0 Å². The lowest BCUT2D eigenvalue weighted by Crippen LogP contribution is -2.01. The fourth-order valence-corrected chi connectivity index (χ4v) is 2.47. The van der Waals surface area contributed by atoms with Crippen molar-refractivity contribution in [2.75, 3.05) is 7.11 Å². The van der Waals surface area contributed by atoms with E-state index in [1.165, 1.54) is 0 Å². The largest absolute Gasteiger partial charge is 0.481 e. The fourth-order valence-electron chi connectivity index (χ4n) is 2.47. The molecule has 1 aromatic carbocycles. The Kier molecular flexibility index (Phi) is 3.66. The maximum Gasteiger partial charge on any atom is 0.276 e. The normalized spacial score (nSPS) is 16.5. The fraction of sp³-hybridized carbons (Fsp3) is 0.176. The highest BCUT2D eigenvalue weighted by Gasteiger charge is 2.27. The molecule has 1 aliphatic rings. The molecule has 3 aromatic rings. The van der Waals surface area contributed by atoms with Crippen molar-refractivity contribution in [3.05, 3.63) is 60.1 Å². The first kappa shape index (κ1) is 14.4. The molecular formula is C17H14N4O3. The summed E-state index contributed by atoms with van der Waals surface area (Å²) in [7, 11) is 1.56. The van der Waals surface area contributed by atoms with Gasteiger partial charge in [-0.1, -0.05) is 40.6 Å². The number of benzene rings is 1. The molecule has 3 heterocycles. The Balaban J connectivity index is 1.53. The molecule has 0 bridgehead atoms. The molecule has 24 heavy (non-hydrogen) atoms. The lowest BCUT2D eigenvalue weighted by Gasteiger charge is -2.06. The summed E-state index contributed by atoms with van der Waals surface area (Å²) in [5, 5.41) is 8.09. The van der Waals surface area contributed by atoms with Crippen LogP contribution in [0.2, 0.25) is 0 Å². The van der Waals surface area contributed by atoms with Crippen LogP contribution in [0.15, 0.2) is 58.3 Å². The summed E-state index contributed by atoms with van der Waals surface area (Å²) < 4.78 is 10.4. The standard InChI is InChI=1S/C17H14N4O3/c1-22-15-9-12(7-8-18-15)16-19-17(24-21-16)13-10-14(23-20-13)11-5-3-2-4-6-11/h2-9,14H,10H2,1H3. The van der Waals surface area contributed by atoms with Gasteiger partial charge in [0.1, 0.15) is 5.71 Å². The third-order valence-corrected chi connectivity index (χ3v) is 3.72. The molecule has 2 aromatic heterocycles. The number of nitrogens with zero attached hydrogens (tertiary/aromatic N) is 4. The molecule has 120 valence electrons. The Morgan fingerprint density at radius 1 is 1.17 bits per heavy atom. The maximum absolute atomic E-state index is 5.49. The minimum absolute atomic E-state index is 0.127. The molecular weight excluding hydrogens is 308 g/mol. The molecule has 0 spiro atoms. The van der Waals surface area contributed by atoms with Crippen molar-refractivity contribution < 1.29 is 14.1 Å². The van der Waals surface area contributed by atoms with Crippen LogP contribution in [0.5, 0.6) is 5.88 Å². The molecule has 0 fully saturated rings. The lowest BCUT2D eigenvalue weighted by atomic mass is 10.0. The number of rotatable bonds is 4. The van der Waals surface area contributed by atoms with Gasteiger partial charge in [0, 0.05) is 24.2 Å². The third-order valence-electron chi connectivity index (χ3n) is 3.72. The molecule has 4 rings (SSSR count). The number of hydrogen-bond donors (Lipinski definition) is 0. The monoisotopic (exact) mass is 322 g/mol. The first-order chi connectivity index (χ1) is 11.8. The van der Waals surface area contributed by atoms with E-state index in [1.807, 2.05) is 30.3 Å². The highest BCUT2D eigenvalue weighted by molar-refractivity contribution is 5.97. The Morgan fingerprint density at radius 3 is 2.88 bits per heavy atom. The van der Waals surface area contributed by atoms with Crippen molar-refractivity contribution in [1.82, 2.24) is 15.1 Å². The molecule has 1 unspecified atom stereocenters. The van der Waals surface area contributed by atoms with Crippen molar-refractivity contribution in [3.63, 3.8) is 0 Å². The molecule has 1 aliphatic heterocycles. The number of hydrogen-bond acceptors (Lipinski definition) is 7. The highest BCUT2D eigenvalue weighted by atomic mass is 16.6. The van der Waals surface area contributed by atoms with Crippen LogP contribution in [-0.4, -0.2) is 27.9 Å². The quantitative estimate of drug-likeness (QED) is 0.734. The Bertz CT molecular complexity index is 876. The summed E-state index contributed by atoms with van der Waals surface area (Å²) in [6.07, 6.45) is 2.09.